The van der Waals surface area contributed by atoms with Gasteiger partial charge in [0.15, 0.2) is 0 Å². The number of alkyl halides is 1. The van der Waals surface area contributed by atoms with Crippen LogP contribution in [0.25, 0.3) is 0 Å². The lowest BCUT2D eigenvalue weighted by Crippen LogP contribution is -2.41. The van der Waals surface area contributed by atoms with Crippen molar-refractivity contribution in [2.75, 3.05) is 12.3 Å². The quantitative estimate of drug-likeness (QED) is 0.740. The van der Waals surface area contributed by atoms with Crippen LogP contribution in [0.5, 0.6) is 0 Å². The van der Waals surface area contributed by atoms with Crippen molar-refractivity contribution >= 4 is 11.8 Å². The Morgan fingerprint density at radius 2 is 2.42 bits per heavy atom. The van der Waals surface area contributed by atoms with E-state index < -0.39 is 18.3 Å². The molecule has 8 heteroatoms. The smallest absolute Gasteiger partial charge is 0.404 e. The SMILES string of the molecule is Cn1ncc(N)c1C1CC[C@@H](NC(=O)O)[C@H](F)CO1. The highest BCUT2D eigenvalue weighted by molar-refractivity contribution is 5.64. The number of rotatable bonds is 2. The van der Waals surface area contributed by atoms with Gasteiger partial charge in [-0.3, -0.25) is 4.68 Å². The van der Waals surface area contributed by atoms with E-state index in [1.54, 1.807) is 11.7 Å². The van der Waals surface area contributed by atoms with Crippen molar-refractivity contribution in [3.05, 3.63) is 11.9 Å². The van der Waals surface area contributed by atoms with Gasteiger partial charge < -0.3 is 20.9 Å². The minimum Gasteiger partial charge on any atom is -0.465 e. The Morgan fingerprint density at radius 1 is 1.68 bits per heavy atom. The number of nitrogens with one attached hydrogen (secondary N) is 1. The molecule has 0 radical (unpaired) electrons. The van der Waals surface area contributed by atoms with Crippen molar-refractivity contribution < 1.29 is 19.0 Å². The average Bonchev–Trinajstić information content (AvgIpc) is 2.57. The van der Waals surface area contributed by atoms with Crippen molar-refractivity contribution in [3.63, 3.8) is 0 Å². The van der Waals surface area contributed by atoms with Crippen LogP contribution in [-0.4, -0.2) is 39.8 Å². The van der Waals surface area contributed by atoms with Crippen LogP contribution in [0.1, 0.15) is 24.6 Å². The van der Waals surface area contributed by atoms with Crippen molar-refractivity contribution in [1.82, 2.24) is 15.1 Å². The molecule has 1 unspecified atom stereocenters. The molecule has 1 aliphatic rings. The molecule has 1 aromatic heterocycles. The summed E-state index contributed by atoms with van der Waals surface area (Å²) in [7, 11) is 1.74. The summed E-state index contributed by atoms with van der Waals surface area (Å²) in [5.41, 5.74) is 7.00. The molecular weight excluding hydrogens is 255 g/mol. The van der Waals surface area contributed by atoms with E-state index in [1.165, 1.54) is 6.20 Å². The van der Waals surface area contributed by atoms with E-state index in [4.69, 9.17) is 15.6 Å². The molecule has 1 amide bonds. The molecule has 1 aliphatic heterocycles. The van der Waals surface area contributed by atoms with Crippen molar-refractivity contribution in [2.45, 2.75) is 31.2 Å². The number of hydrogen-bond acceptors (Lipinski definition) is 4. The fourth-order valence-electron chi connectivity index (χ4n) is 2.31. The van der Waals surface area contributed by atoms with Crippen LogP contribution in [-0.2, 0) is 11.8 Å². The predicted octanol–water partition coefficient (Wildman–Crippen LogP) is 0.828. The number of aryl methyl sites for hydroxylation is 1. The van der Waals surface area contributed by atoms with E-state index in [1.807, 2.05) is 0 Å². The zero-order valence-corrected chi connectivity index (χ0v) is 10.5. The third kappa shape index (κ3) is 2.95. The highest BCUT2D eigenvalue weighted by Crippen LogP contribution is 2.31. The number of nitrogens with two attached hydrogens (primary N) is 1. The number of aromatic nitrogens is 2. The maximum absolute atomic E-state index is 13.8. The molecule has 1 fully saturated rings. The fraction of sp³-hybridized carbons (Fsp3) is 0.636. The van der Waals surface area contributed by atoms with E-state index in [2.05, 4.69) is 10.4 Å². The Morgan fingerprint density at radius 3 is 3.00 bits per heavy atom. The molecule has 0 saturated carbocycles. The first-order valence-electron chi connectivity index (χ1n) is 6.01. The molecule has 1 aromatic rings. The normalized spacial score (nSPS) is 27.8. The van der Waals surface area contributed by atoms with Crippen LogP contribution < -0.4 is 11.1 Å². The summed E-state index contributed by atoms with van der Waals surface area (Å²) in [6, 6.07) is -0.753. The Bertz CT molecular complexity index is 445. The summed E-state index contributed by atoms with van der Waals surface area (Å²) in [6.45, 7) is -0.166. The number of ether oxygens (including phenoxy) is 1. The van der Waals surface area contributed by atoms with Crippen molar-refractivity contribution in [1.29, 1.82) is 0 Å². The second kappa shape index (κ2) is 5.43. The highest BCUT2D eigenvalue weighted by Gasteiger charge is 2.31. The van der Waals surface area contributed by atoms with Gasteiger partial charge in [0, 0.05) is 7.05 Å². The molecule has 7 nitrogen and oxygen atoms in total. The molecule has 0 spiro atoms. The van der Waals surface area contributed by atoms with Gasteiger partial charge in [-0.2, -0.15) is 5.10 Å². The fourth-order valence-corrected chi connectivity index (χ4v) is 2.31. The van der Waals surface area contributed by atoms with Crippen molar-refractivity contribution in [3.8, 4) is 0 Å². The van der Waals surface area contributed by atoms with Gasteiger partial charge in [0.25, 0.3) is 0 Å². The van der Waals surface area contributed by atoms with E-state index >= 15 is 0 Å². The molecule has 106 valence electrons. The third-order valence-corrected chi connectivity index (χ3v) is 3.26. The number of carboxylic acid groups (broad SMARTS) is 1. The maximum Gasteiger partial charge on any atom is 0.404 e. The number of anilines is 1. The second-order valence-electron chi connectivity index (χ2n) is 4.58. The maximum atomic E-state index is 13.8. The van der Waals surface area contributed by atoms with E-state index in [0.29, 0.717) is 24.2 Å². The second-order valence-corrected chi connectivity index (χ2v) is 4.58. The summed E-state index contributed by atoms with van der Waals surface area (Å²) in [5, 5.41) is 14.9. The summed E-state index contributed by atoms with van der Waals surface area (Å²) in [5.74, 6) is 0. The minimum absolute atomic E-state index is 0.166. The number of halogens is 1. The van der Waals surface area contributed by atoms with Gasteiger partial charge in [0.2, 0.25) is 0 Å². The Kier molecular flexibility index (Phi) is 3.89. The van der Waals surface area contributed by atoms with Gasteiger partial charge in [0.1, 0.15) is 12.3 Å². The standard InChI is InChI=1S/C11H17FN4O3/c1-16-10(7(13)4-14-16)9-3-2-8(15-11(17)18)6(12)5-19-9/h4,6,8-9,15H,2-3,5,13H2,1H3,(H,17,18)/t6-,8-,9?/m1/s1. The summed E-state index contributed by atoms with van der Waals surface area (Å²) in [6.07, 6.45) is -0.616. The van der Waals surface area contributed by atoms with Gasteiger partial charge in [-0.15, -0.1) is 0 Å². The summed E-state index contributed by atoms with van der Waals surface area (Å²) < 4.78 is 20.9. The van der Waals surface area contributed by atoms with Gasteiger partial charge in [0.05, 0.1) is 30.2 Å². The van der Waals surface area contributed by atoms with Gasteiger partial charge >= 0.3 is 6.09 Å². The molecule has 3 atom stereocenters. The Balaban J connectivity index is 2.09. The molecule has 0 aromatic carbocycles. The van der Waals surface area contributed by atoms with Crippen LogP contribution >= 0.6 is 0 Å². The molecular formula is C11H17FN4O3. The third-order valence-electron chi connectivity index (χ3n) is 3.26. The Hall–Kier alpha value is -1.83. The lowest BCUT2D eigenvalue weighted by atomic mass is 10.0. The van der Waals surface area contributed by atoms with Gasteiger partial charge in [-0.25, -0.2) is 9.18 Å². The molecule has 2 heterocycles. The molecule has 4 N–H and O–H groups in total. The van der Waals surface area contributed by atoms with Crippen LogP contribution in [0.3, 0.4) is 0 Å². The van der Waals surface area contributed by atoms with Crippen LogP contribution in [0.4, 0.5) is 14.9 Å². The summed E-state index contributed by atoms with van der Waals surface area (Å²) >= 11 is 0. The van der Waals surface area contributed by atoms with Crippen LogP contribution in [0.2, 0.25) is 0 Å². The Labute approximate surface area is 109 Å². The topological polar surface area (TPSA) is 102 Å². The van der Waals surface area contributed by atoms with E-state index in [-0.39, 0.29) is 12.7 Å². The molecule has 19 heavy (non-hydrogen) atoms. The summed E-state index contributed by atoms with van der Waals surface area (Å²) in [4.78, 5) is 10.6. The van der Waals surface area contributed by atoms with Crippen LogP contribution in [0, 0.1) is 0 Å². The average molecular weight is 272 g/mol. The lowest BCUT2D eigenvalue weighted by Gasteiger charge is -2.16. The van der Waals surface area contributed by atoms with Crippen LogP contribution in [0.15, 0.2) is 6.20 Å². The first-order chi connectivity index (χ1) is 8.99. The zero-order valence-electron chi connectivity index (χ0n) is 10.5. The minimum atomic E-state index is -1.37. The van der Waals surface area contributed by atoms with E-state index in [0.717, 1.165) is 0 Å². The molecule has 1 saturated heterocycles. The van der Waals surface area contributed by atoms with Gasteiger partial charge in [-0.1, -0.05) is 0 Å². The highest BCUT2D eigenvalue weighted by atomic mass is 19.1. The number of nitrogen functional groups attached to an aromatic ring is 1. The molecule has 0 aliphatic carbocycles. The number of carbonyl (C=O) groups is 1. The van der Waals surface area contributed by atoms with Gasteiger partial charge in [-0.05, 0) is 12.8 Å². The largest absolute Gasteiger partial charge is 0.465 e. The number of amides is 1. The van der Waals surface area contributed by atoms with Crippen molar-refractivity contribution in [2.24, 2.45) is 7.05 Å². The van der Waals surface area contributed by atoms with E-state index in [9.17, 15) is 9.18 Å². The molecule has 2 rings (SSSR count). The number of hydrogen-bond donors (Lipinski definition) is 3. The molecule has 0 bridgehead atoms. The lowest BCUT2D eigenvalue weighted by molar-refractivity contribution is 0.0233. The first-order valence-corrected chi connectivity index (χ1v) is 6.01. The monoisotopic (exact) mass is 272 g/mol. The first kappa shape index (κ1) is 13.6. The zero-order chi connectivity index (χ0) is 14.0. The predicted molar refractivity (Wildman–Crippen MR) is 65.4 cm³/mol. The number of nitrogens with zero attached hydrogens (tertiary/aromatic N) is 2.